The van der Waals surface area contributed by atoms with Gasteiger partial charge in [-0.3, -0.25) is 4.79 Å². The number of likely N-dealkylation sites (N-methyl/N-ethyl adjacent to an activating group) is 1. The van der Waals surface area contributed by atoms with Crippen molar-refractivity contribution >= 4 is 5.91 Å². The van der Waals surface area contributed by atoms with Gasteiger partial charge in [0.1, 0.15) is 0 Å². The smallest absolute Gasteiger partial charge is 0.225 e. The molecule has 0 aromatic rings. The van der Waals surface area contributed by atoms with Crippen LogP contribution in [0, 0.1) is 5.92 Å². The Morgan fingerprint density at radius 3 is 2.60 bits per heavy atom. The summed E-state index contributed by atoms with van der Waals surface area (Å²) in [6.07, 6.45) is 7.12. The van der Waals surface area contributed by atoms with E-state index in [1.54, 1.807) is 0 Å². The molecule has 0 radical (unpaired) electrons. The molecule has 0 spiro atoms. The third-order valence-electron chi connectivity index (χ3n) is 3.85. The van der Waals surface area contributed by atoms with Gasteiger partial charge < -0.3 is 10.2 Å². The van der Waals surface area contributed by atoms with Gasteiger partial charge in [-0.15, -0.1) is 0 Å². The maximum absolute atomic E-state index is 12.2. The number of piperidine rings is 1. The number of rotatable bonds is 2. The van der Waals surface area contributed by atoms with Crippen LogP contribution in [0.4, 0.5) is 0 Å². The maximum atomic E-state index is 12.2. The van der Waals surface area contributed by atoms with E-state index in [0.29, 0.717) is 17.9 Å². The van der Waals surface area contributed by atoms with Crippen molar-refractivity contribution in [1.82, 2.24) is 10.2 Å². The number of nitrogens with zero attached hydrogens (tertiary/aromatic N) is 1. The van der Waals surface area contributed by atoms with Crippen LogP contribution in [-0.4, -0.2) is 37.0 Å². The van der Waals surface area contributed by atoms with Gasteiger partial charge in [0.25, 0.3) is 0 Å². The minimum atomic E-state index is 0.348. The second-order valence-corrected chi connectivity index (χ2v) is 4.89. The summed E-state index contributed by atoms with van der Waals surface area (Å²) >= 11 is 0. The van der Waals surface area contributed by atoms with Gasteiger partial charge in [-0.05, 0) is 32.7 Å². The summed E-state index contributed by atoms with van der Waals surface area (Å²) in [6, 6.07) is 0.518. The molecule has 1 N–H and O–H groups in total. The number of amides is 1. The lowest BCUT2D eigenvalue weighted by Gasteiger charge is -2.34. The van der Waals surface area contributed by atoms with E-state index < -0.39 is 0 Å². The van der Waals surface area contributed by atoms with Crippen LogP contribution in [0.25, 0.3) is 0 Å². The highest BCUT2D eigenvalue weighted by atomic mass is 16.2. The summed E-state index contributed by atoms with van der Waals surface area (Å²) in [5, 5.41) is 3.29. The standard InChI is InChI=1S/C12H22N2O/c1-13-11-7-4-8-14(9-11)12(15)10-5-2-3-6-10/h10-11,13H,2-9H2,1H3. The molecule has 2 fully saturated rings. The Bertz CT molecular complexity index is 224. The Balaban J connectivity index is 1.88. The van der Waals surface area contributed by atoms with Crippen LogP contribution in [0.1, 0.15) is 38.5 Å². The Morgan fingerprint density at radius 2 is 1.93 bits per heavy atom. The topological polar surface area (TPSA) is 32.3 Å². The van der Waals surface area contributed by atoms with Gasteiger partial charge in [0.15, 0.2) is 0 Å². The average molecular weight is 210 g/mol. The van der Waals surface area contributed by atoms with E-state index in [4.69, 9.17) is 0 Å². The molecule has 1 unspecified atom stereocenters. The van der Waals surface area contributed by atoms with Crippen molar-refractivity contribution in [3.8, 4) is 0 Å². The molecule has 0 aromatic heterocycles. The molecule has 86 valence electrons. The molecule has 1 saturated heterocycles. The number of nitrogens with one attached hydrogen (secondary N) is 1. The van der Waals surface area contributed by atoms with E-state index >= 15 is 0 Å². The van der Waals surface area contributed by atoms with Gasteiger partial charge in [-0.2, -0.15) is 0 Å². The first-order valence-electron chi connectivity index (χ1n) is 6.27. The molecular weight excluding hydrogens is 188 g/mol. The molecule has 0 aromatic carbocycles. The highest BCUT2D eigenvalue weighted by Gasteiger charge is 2.29. The van der Waals surface area contributed by atoms with E-state index in [-0.39, 0.29) is 0 Å². The lowest BCUT2D eigenvalue weighted by molar-refractivity contribution is -0.136. The lowest BCUT2D eigenvalue weighted by atomic mass is 10.0. The quantitative estimate of drug-likeness (QED) is 0.747. The molecule has 1 heterocycles. The minimum absolute atomic E-state index is 0.348. The maximum Gasteiger partial charge on any atom is 0.225 e. The second kappa shape index (κ2) is 4.97. The van der Waals surface area contributed by atoms with Gasteiger partial charge in [0.05, 0.1) is 0 Å². The minimum Gasteiger partial charge on any atom is -0.341 e. The van der Waals surface area contributed by atoms with Gasteiger partial charge in [0.2, 0.25) is 5.91 Å². The van der Waals surface area contributed by atoms with Gasteiger partial charge in [0, 0.05) is 25.0 Å². The first kappa shape index (κ1) is 10.9. The van der Waals surface area contributed by atoms with Crippen LogP contribution in [-0.2, 0) is 4.79 Å². The molecule has 3 heteroatoms. The first-order chi connectivity index (χ1) is 7.31. The number of carbonyl (C=O) groups excluding carboxylic acids is 1. The van der Waals surface area contributed by atoms with Gasteiger partial charge in [-0.1, -0.05) is 12.8 Å². The molecule has 1 aliphatic carbocycles. The zero-order valence-electron chi connectivity index (χ0n) is 9.67. The molecule has 1 aliphatic heterocycles. The summed E-state index contributed by atoms with van der Waals surface area (Å²) in [4.78, 5) is 14.2. The lowest BCUT2D eigenvalue weighted by Crippen LogP contribution is -2.48. The van der Waals surface area contributed by atoms with E-state index in [9.17, 15) is 4.79 Å². The molecule has 1 saturated carbocycles. The normalized spacial score (nSPS) is 28.3. The summed E-state index contributed by atoms with van der Waals surface area (Å²) in [5.41, 5.74) is 0. The zero-order chi connectivity index (χ0) is 10.7. The van der Waals surface area contributed by atoms with Crippen molar-refractivity contribution in [2.45, 2.75) is 44.6 Å². The van der Waals surface area contributed by atoms with Crippen molar-refractivity contribution in [1.29, 1.82) is 0 Å². The van der Waals surface area contributed by atoms with E-state index in [2.05, 4.69) is 10.2 Å². The zero-order valence-corrected chi connectivity index (χ0v) is 9.67. The Kier molecular flexibility index (Phi) is 3.62. The van der Waals surface area contributed by atoms with Crippen molar-refractivity contribution in [2.24, 2.45) is 5.92 Å². The third-order valence-corrected chi connectivity index (χ3v) is 3.85. The number of likely N-dealkylation sites (tertiary alicyclic amines) is 1. The highest BCUT2D eigenvalue weighted by Crippen LogP contribution is 2.27. The van der Waals surface area contributed by atoms with Crippen LogP contribution < -0.4 is 5.32 Å². The second-order valence-electron chi connectivity index (χ2n) is 4.89. The van der Waals surface area contributed by atoms with Crippen molar-refractivity contribution < 1.29 is 4.79 Å². The Morgan fingerprint density at radius 1 is 1.20 bits per heavy atom. The van der Waals surface area contributed by atoms with Crippen LogP contribution in [0.3, 0.4) is 0 Å². The molecular formula is C12H22N2O. The van der Waals surface area contributed by atoms with Crippen molar-refractivity contribution in [3.63, 3.8) is 0 Å². The van der Waals surface area contributed by atoms with Crippen molar-refractivity contribution in [3.05, 3.63) is 0 Å². The number of hydrogen-bond donors (Lipinski definition) is 1. The average Bonchev–Trinajstić information content (AvgIpc) is 2.81. The van der Waals surface area contributed by atoms with E-state index in [0.717, 1.165) is 32.4 Å². The number of carbonyl (C=O) groups is 1. The van der Waals surface area contributed by atoms with E-state index in [1.807, 2.05) is 7.05 Å². The van der Waals surface area contributed by atoms with Crippen LogP contribution >= 0.6 is 0 Å². The number of hydrogen-bond acceptors (Lipinski definition) is 2. The van der Waals surface area contributed by atoms with Gasteiger partial charge in [-0.25, -0.2) is 0 Å². The summed E-state index contributed by atoms with van der Waals surface area (Å²) < 4.78 is 0. The fourth-order valence-corrected chi connectivity index (χ4v) is 2.84. The van der Waals surface area contributed by atoms with E-state index in [1.165, 1.54) is 19.3 Å². The molecule has 2 aliphatic rings. The summed E-state index contributed by atoms with van der Waals surface area (Å²) in [6.45, 7) is 1.90. The molecule has 1 amide bonds. The van der Waals surface area contributed by atoms with Crippen LogP contribution in [0.2, 0.25) is 0 Å². The monoisotopic (exact) mass is 210 g/mol. The third kappa shape index (κ3) is 2.51. The predicted molar refractivity (Wildman–Crippen MR) is 60.6 cm³/mol. The molecule has 0 bridgehead atoms. The van der Waals surface area contributed by atoms with Gasteiger partial charge >= 0.3 is 0 Å². The Labute approximate surface area is 92.2 Å². The predicted octanol–water partition coefficient (Wildman–Crippen LogP) is 1.39. The highest BCUT2D eigenvalue weighted by molar-refractivity contribution is 5.79. The fourth-order valence-electron chi connectivity index (χ4n) is 2.84. The summed E-state index contributed by atoms with van der Waals surface area (Å²) in [7, 11) is 1.99. The molecule has 15 heavy (non-hydrogen) atoms. The SMILES string of the molecule is CNC1CCCN(C(=O)C2CCCC2)C1. The Hall–Kier alpha value is -0.570. The first-order valence-corrected chi connectivity index (χ1v) is 6.27. The molecule has 1 atom stereocenters. The van der Waals surface area contributed by atoms with Crippen LogP contribution in [0.5, 0.6) is 0 Å². The van der Waals surface area contributed by atoms with Crippen LogP contribution in [0.15, 0.2) is 0 Å². The summed E-state index contributed by atoms with van der Waals surface area (Å²) in [5.74, 6) is 0.771. The molecule has 2 rings (SSSR count). The largest absolute Gasteiger partial charge is 0.341 e. The fraction of sp³-hybridized carbons (Fsp3) is 0.917. The van der Waals surface area contributed by atoms with Crippen molar-refractivity contribution in [2.75, 3.05) is 20.1 Å². The molecule has 3 nitrogen and oxygen atoms in total.